The Morgan fingerprint density at radius 1 is 1.21 bits per heavy atom. The van der Waals surface area contributed by atoms with E-state index in [-0.39, 0.29) is 24.4 Å². The molecule has 0 atom stereocenters. The van der Waals surface area contributed by atoms with Crippen molar-refractivity contribution in [1.82, 2.24) is 14.5 Å². The van der Waals surface area contributed by atoms with Crippen LogP contribution in [0.25, 0.3) is 10.9 Å². The van der Waals surface area contributed by atoms with Crippen LogP contribution in [0.4, 0.5) is 11.5 Å². The highest BCUT2D eigenvalue weighted by molar-refractivity contribution is 9.10. The summed E-state index contributed by atoms with van der Waals surface area (Å²) < 4.78 is 7.65. The van der Waals surface area contributed by atoms with Crippen molar-refractivity contribution in [2.45, 2.75) is 13.0 Å². The predicted octanol–water partition coefficient (Wildman–Crippen LogP) is 2.42. The number of aromatic nitrogens is 3. The van der Waals surface area contributed by atoms with Crippen molar-refractivity contribution in [3.05, 3.63) is 57.7 Å². The summed E-state index contributed by atoms with van der Waals surface area (Å²) in [5.41, 5.74) is 1.12. The Labute approximate surface area is 175 Å². The van der Waals surface area contributed by atoms with Gasteiger partial charge in [-0.15, -0.1) is 0 Å². The fourth-order valence-corrected chi connectivity index (χ4v) is 3.61. The first-order valence-electron chi connectivity index (χ1n) is 9.34. The molecule has 0 radical (unpaired) electrons. The van der Waals surface area contributed by atoms with E-state index < -0.39 is 0 Å². The van der Waals surface area contributed by atoms with Gasteiger partial charge in [0.2, 0.25) is 5.91 Å². The average Bonchev–Trinajstić information content (AvgIpc) is 2.75. The second-order valence-electron chi connectivity index (χ2n) is 6.68. The molecule has 150 valence electrons. The van der Waals surface area contributed by atoms with Crippen LogP contribution in [0.2, 0.25) is 0 Å². The Morgan fingerprint density at radius 2 is 2.03 bits per heavy atom. The fraction of sp³-hybridized carbons (Fsp3) is 0.300. The fourth-order valence-electron chi connectivity index (χ4n) is 3.25. The molecule has 2 aromatic heterocycles. The van der Waals surface area contributed by atoms with Crippen LogP contribution < -0.4 is 15.8 Å². The monoisotopic (exact) mass is 457 g/mol. The minimum absolute atomic E-state index is 0.151. The Balaban J connectivity index is 1.45. The van der Waals surface area contributed by atoms with E-state index in [4.69, 9.17) is 4.74 Å². The van der Waals surface area contributed by atoms with Crippen molar-refractivity contribution in [3.63, 3.8) is 0 Å². The van der Waals surface area contributed by atoms with Crippen LogP contribution in [0, 0.1) is 0 Å². The standard InChI is InChI=1S/C20H20BrN5O3/c21-14-3-4-16-15(12-14)20(28)26(13-23-16)7-5-18(27)24-17-2-1-6-22-19(17)25-8-10-29-11-9-25/h1-4,6,12-13H,5,7-11H2,(H,24,27). The van der Waals surface area contributed by atoms with Gasteiger partial charge in [0.15, 0.2) is 5.82 Å². The summed E-state index contributed by atoms with van der Waals surface area (Å²) in [4.78, 5) is 36.0. The number of halogens is 1. The van der Waals surface area contributed by atoms with Gasteiger partial charge in [-0.3, -0.25) is 14.2 Å². The van der Waals surface area contributed by atoms with Crippen molar-refractivity contribution in [3.8, 4) is 0 Å². The van der Waals surface area contributed by atoms with Gasteiger partial charge < -0.3 is 15.0 Å². The highest BCUT2D eigenvalue weighted by Crippen LogP contribution is 2.23. The van der Waals surface area contributed by atoms with Crippen LogP contribution in [0.3, 0.4) is 0 Å². The average molecular weight is 458 g/mol. The van der Waals surface area contributed by atoms with Gasteiger partial charge in [-0.25, -0.2) is 9.97 Å². The first-order chi connectivity index (χ1) is 14.1. The summed E-state index contributed by atoms with van der Waals surface area (Å²) in [7, 11) is 0. The van der Waals surface area contributed by atoms with Crippen LogP contribution >= 0.6 is 15.9 Å². The molecule has 1 saturated heterocycles. The number of hydrogen-bond acceptors (Lipinski definition) is 6. The number of fused-ring (bicyclic) bond motifs is 1. The first-order valence-corrected chi connectivity index (χ1v) is 10.1. The third kappa shape index (κ3) is 4.46. The van der Waals surface area contributed by atoms with E-state index in [2.05, 4.69) is 36.1 Å². The number of pyridine rings is 1. The molecule has 3 heterocycles. The van der Waals surface area contributed by atoms with Crippen molar-refractivity contribution in [2.75, 3.05) is 36.5 Å². The second-order valence-corrected chi connectivity index (χ2v) is 7.59. The minimum atomic E-state index is -0.186. The molecule has 1 aromatic carbocycles. The third-order valence-corrected chi connectivity index (χ3v) is 5.23. The van der Waals surface area contributed by atoms with Crippen LogP contribution in [0.15, 0.2) is 52.1 Å². The maximum atomic E-state index is 12.7. The number of nitrogens with one attached hydrogen (secondary N) is 1. The molecule has 0 aliphatic carbocycles. The lowest BCUT2D eigenvalue weighted by Gasteiger charge is -2.29. The maximum Gasteiger partial charge on any atom is 0.261 e. The summed E-state index contributed by atoms with van der Waals surface area (Å²) in [5, 5.41) is 3.43. The summed E-state index contributed by atoms with van der Waals surface area (Å²) in [6.45, 7) is 2.98. The lowest BCUT2D eigenvalue weighted by molar-refractivity contribution is -0.116. The molecule has 1 amide bonds. The molecule has 29 heavy (non-hydrogen) atoms. The van der Waals surface area contributed by atoms with Crippen molar-refractivity contribution in [1.29, 1.82) is 0 Å². The molecule has 1 aliphatic rings. The SMILES string of the molecule is O=C(CCn1cnc2ccc(Br)cc2c1=O)Nc1cccnc1N1CCOCC1. The molecule has 3 aromatic rings. The quantitative estimate of drug-likeness (QED) is 0.632. The van der Waals surface area contributed by atoms with Crippen LogP contribution in [0.1, 0.15) is 6.42 Å². The smallest absolute Gasteiger partial charge is 0.261 e. The number of nitrogens with zero attached hydrogens (tertiary/aromatic N) is 4. The molecule has 1 aliphatic heterocycles. The second kappa shape index (κ2) is 8.71. The van der Waals surface area contributed by atoms with Crippen LogP contribution in [-0.2, 0) is 16.1 Å². The molecule has 0 saturated carbocycles. The first kappa shape index (κ1) is 19.5. The van der Waals surface area contributed by atoms with Crippen molar-refractivity contribution in [2.24, 2.45) is 0 Å². The number of aryl methyl sites for hydroxylation is 1. The van der Waals surface area contributed by atoms with E-state index in [1.807, 2.05) is 12.1 Å². The topological polar surface area (TPSA) is 89.3 Å². The lowest BCUT2D eigenvalue weighted by Crippen LogP contribution is -2.37. The van der Waals surface area contributed by atoms with E-state index in [1.165, 1.54) is 10.9 Å². The Hall–Kier alpha value is -2.78. The van der Waals surface area contributed by atoms with Gasteiger partial charge in [0, 0.05) is 36.7 Å². The molecule has 8 nitrogen and oxygen atoms in total. The van der Waals surface area contributed by atoms with Crippen LogP contribution in [0.5, 0.6) is 0 Å². The number of anilines is 2. The number of morpholine rings is 1. The third-order valence-electron chi connectivity index (χ3n) is 4.74. The minimum Gasteiger partial charge on any atom is -0.378 e. The molecule has 0 spiro atoms. The molecule has 4 rings (SSSR count). The van der Waals surface area contributed by atoms with Gasteiger partial charge >= 0.3 is 0 Å². The van der Waals surface area contributed by atoms with Gasteiger partial charge in [-0.2, -0.15) is 0 Å². The summed E-state index contributed by atoms with van der Waals surface area (Å²) in [6.07, 6.45) is 3.34. The molecule has 1 fully saturated rings. The molecular weight excluding hydrogens is 438 g/mol. The summed E-state index contributed by atoms with van der Waals surface area (Å²) >= 11 is 3.37. The number of amides is 1. The van der Waals surface area contributed by atoms with Gasteiger partial charge in [-0.05, 0) is 30.3 Å². The van der Waals surface area contributed by atoms with Gasteiger partial charge in [-0.1, -0.05) is 15.9 Å². The Kier molecular flexibility index (Phi) is 5.86. The normalized spacial score (nSPS) is 14.2. The predicted molar refractivity (Wildman–Crippen MR) is 114 cm³/mol. The van der Waals surface area contributed by atoms with Crippen LogP contribution in [-0.4, -0.2) is 46.7 Å². The number of carbonyl (C=O) groups excluding carboxylic acids is 1. The molecule has 0 unspecified atom stereocenters. The summed E-state index contributed by atoms with van der Waals surface area (Å²) in [6, 6.07) is 8.98. The van der Waals surface area contributed by atoms with E-state index in [0.29, 0.717) is 29.8 Å². The number of rotatable bonds is 5. The zero-order chi connectivity index (χ0) is 20.2. The number of carbonyl (C=O) groups is 1. The van der Waals surface area contributed by atoms with Gasteiger partial charge in [0.05, 0.1) is 36.1 Å². The van der Waals surface area contributed by atoms with E-state index in [1.54, 1.807) is 24.4 Å². The highest BCUT2D eigenvalue weighted by atomic mass is 79.9. The number of benzene rings is 1. The Bertz CT molecular complexity index is 1090. The maximum absolute atomic E-state index is 12.7. The molecule has 0 bridgehead atoms. The zero-order valence-electron chi connectivity index (χ0n) is 15.7. The zero-order valence-corrected chi connectivity index (χ0v) is 17.3. The molecule has 1 N–H and O–H groups in total. The van der Waals surface area contributed by atoms with E-state index in [0.717, 1.165) is 23.4 Å². The summed E-state index contributed by atoms with van der Waals surface area (Å²) in [5.74, 6) is 0.548. The molecular formula is C20H20BrN5O3. The number of hydrogen-bond donors (Lipinski definition) is 1. The Morgan fingerprint density at radius 3 is 2.86 bits per heavy atom. The largest absolute Gasteiger partial charge is 0.378 e. The molecule has 9 heteroatoms. The van der Waals surface area contributed by atoms with Gasteiger partial charge in [0.1, 0.15) is 0 Å². The lowest BCUT2D eigenvalue weighted by atomic mass is 10.2. The number of ether oxygens (including phenoxy) is 1. The van der Waals surface area contributed by atoms with Gasteiger partial charge in [0.25, 0.3) is 5.56 Å². The van der Waals surface area contributed by atoms with Crippen molar-refractivity contribution < 1.29 is 9.53 Å². The van der Waals surface area contributed by atoms with E-state index >= 15 is 0 Å². The van der Waals surface area contributed by atoms with Crippen molar-refractivity contribution >= 4 is 44.2 Å². The highest BCUT2D eigenvalue weighted by Gasteiger charge is 2.17. The van der Waals surface area contributed by atoms with E-state index in [9.17, 15) is 9.59 Å².